The van der Waals surface area contributed by atoms with Crippen LogP contribution in [0.15, 0.2) is 66.7 Å². The molecule has 5 nitrogen and oxygen atoms in total. The SMILES string of the molecule is COc1ccc(C(N)=O)nc1-c1ccc(Oc2ccccc2)cc1. The fourth-order valence-electron chi connectivity index (χ4n) is 2.26. The van der Waals surface area contributed by atoms with Gasteiger partial charge in [0.15, 0.2) is 0 Å². The first-order valence-corrected chi connectivity index (χ1v) is 7.35. The van der Waals surface area contributed by atoms with Gasteiger partial charge in [-0.15, -0.1) is 0 Å². The zero-order chi connectivity index (χ0) is 16.9. The number of carbonyl (C=O) groups is 1. The summed E-state index contributed by atoms with van der Waals surface area (Å²) in [6.45, 7) is 0. The largest absolute Gasteiger partial charge is 0.494 e. The number of nitrogens with zero attached hydrogens (tertiary/aromatic N) is 1. The minimum atomic E-state index is -0.581. The lowest BCUT2D eigenvalue weighted by Crippen LogP contribution is -2.13. The normalized spacial score (nSPS) is 10.2. The van der Waals surface area contributed by atoms with Crippen LogP contribution in [0.5, 0.6) is 17.2 Å². The molecule has 1 heterocycles. The first-order chi connectivity index (χ1) is 11.7. The van der Waals surface area contributed by atoms with E-state index in [2.05, 4.69) is 4.98 Å². The summed E-state index contributed by atoms with van der Waals surface area (Å²) in [5, 5.41) is 0. The fourth-order valence-corrected chi connectivity index (χ4v) is 2.26. The maximum absolute atomic E-state index is 11.3. The summed E-state index contributed by atoms with van der Waals surface area (Å²) in [5.41, 5.74) is 6.85. The first-order valence-electron chi connectivity index (χ1n) is 7.35. The van der Waals surface area contributed by atoms with Gasteiger partial charge in [0.2, 0.25) is 0 Å². The quantitative estimate of drug-likeness (QED) is 0.778. The summed E-state index contributed by atoms with van der Waals surface area (Å²) < 4.78 is 11.1. The third-order valence-electron chi connectivity index (χ3n) is 3.44. The summed E-state index contributed by atoms with van der Waals surface area (Å²) in [4.78, 5) is 15.6. The molecule has 0 radical (unpaired) electrons. The number of primary amides is 1. The number of methoxy groups -OCH3 is 1. The van der Waals surface area contributed by atoms with Crippen molar-refractivity contribution in [3.8, 4) is 28.5 Å². The molecule has 3 aromatic rings. The van der Waals surface area contributed by atoms with Crippen molar-refractivity contribution in [1.82, 2.24) is 4.98 Å². The second-order valence-electron chi connectivity index (χ2n) is 5.05. The molecule has 0 unspecified atom stereocenters. The molecule has 0 bridgehead atoms. The summed E-state index contributed by atoms with van der Waals surface area (Å²) in [7, 11) is 1.55. The molecule has 0 fully saturated rings. The van der Waals surface area contributed by atoms with Crippen LogP contribution < -0.4 is 15.2 Å². The van der Waals surface area contributed by atoms with Gasteiger partial charge < -0.3 is 15.2 Å². The van der Waals surface area contributed by atoms with Gasteiger partial charge in [-0.05, 0) is 48.5 Å². The van der Waals surface area contributed by atoms with Crippen molar-refractivity contribution in [2.24, 2.45) is 5.73 Å². The van der Waals surface area contributed by atoms with Crippen LogP contribution in [-0.4, -0.2) is 18.0 Å². The van der Waals surface area contributed by atoms with Crippen LogP contribution in [0.2, 0.25) is 0 Å². The lowest BCUT2D eigenvalue weighted by molar-refractivity contribution is 0.0995. The van der Waals surface area contributed by atoms with Crippen molar-refractivity contribution < 1.29 is 14.3 Å². The Balaban J connectivity index is 1.90. The Morgan fingerprint density at radius 2 is 1.58 bits per heavy atom. The predicted octanol–water partition coefficient (Wildman–Crippen LogP) is 3.65. The Labute approximate surface area is 139 Å². The van der Waals surface area contributed by atoms with Crippen LogP contribution in [0.4, 0.5) is 0 Å². The van der Waals surface area contributed by atoms with Crippen molar-refractivity contribution in [3.63, 3.8) is 0 Å². The summed E-state index contributed by atoms with van der Waals surface area (Å²) in [6, 6.07) is 20.1. The van der Waals surface area contributed by atoms with Crippen molar-refractivity contribution >= 4 is 5.91 Å². The molecule has 0 atom stereocenters. The molecule has 0 saturated heterocycles. The molecule has 120 valence electrons. The van der Waals surface area contributed by atoms with Gasteiger partial charge in [0.05, 0.1) is 7.11 Å². The maximum atomic E-state index is 11.3. The number of hydrogen-bond donors (Lipinski definition) is 1. The highest BCUT2D eigenvalue weighted by Gasteiger charge is 2.12. The Hall–Kier alpha value is -3.34. The summed E-state index contributed by atoms with van der Waals surface area (Å²) in [6.07, 6.45) is 0. The number of aromatic nitrogens is 1. The fraction of sp³-hybridized carbons (Fsp3) is 0.0526. The number of nitrogens with two attached hydrogens (primary N) is 1. The van der Waals surface area contributed by atoms with E-state index in [4.69, 9.17) is 15.2 Å². The molecule has 0 aliphatic carbocycles. The van der Waals surface area contributed by atoms with E-state index in [-0.39, 0.29) is 5.69 Å². The molecule has 0 aliphatic rings. The Bertz CT molecular complexity index is 846. The van der Waals surface area contributed by atoms with Crippen LogP contribution in [0.1, 0.15) is 10.5 Å². The molecular formula is C19H16N2O3. The molecule has 2 N–H and O–H groups in total. The zero-order valence-corrected chi connectivity index (χ0v) is 13.1. The van der Waals surface area contributed by atoms with Gasteiger partial charge in [-0.25, -0.2) is 4.98 Å². The summed E-state index contributed by atoms with van der Waals surface area (Å²) in [5.74, 6) is 1.45. The number of pyridine rings is 1. The average molecular weight is 320 g/mol. The monoisotopic (exact) mass is 320 g/mol. The third kappa shape index (κ3) is 3.35. The Kier molecular flexibility index (Phi) is 4.43. The van der Waals surface area contributed by atoms with E-state index in [1.807, 2.05) is 54.6 Å². The van der Waals surface area contributed by atoms with E-state index in [1.165, 1.54) is 6.07 Å². The van der Waals surface area contributed by atoms with E-state index < -0.39 is 5.91 Å². The highest BCUT2D eigenvalue weighted by atomic mass is 16.5. The Morgan fingerprint density at radius 3 is 2.21 bits per heavy atom. The summed E-state index contributed by atoms with van der Waals surface area (Å²) >= 11 is 0. The zero-order valence-electron chi connectivity index (χ0n) is 13.1. The minimum Gasteiger partial charge on any atom is -0.494 e. The first kappa shape index (κ1) is 15.6. The number of ether oxygens (including phenoxy) is 2. The van der Waals surface area contributed by atoms with E-state index in [0.717, 1.165) is 11.3 Å². The highest BCUT2D eigenvalue weighted by Crippen LogP contribution is 2.30. The number of amides is 1. The average Bonchev–Trinajstić information content (AvgIpc) is 2.62. The minimum absolute atomic E-state index is 0.190. The topological polar surface area (TPSA) is 74.4 Å². The third-order valence-corrected chi connectivity index (χ3v) is 3.44. The molecule has 24 heavy (non-hydrogen) atoms. The number of para-hydroxylation sites is 1. The molecule has 3 rings (SSSR count). The van der Waals surface area contributed by atoms with Crippen LogP contribution in [0, 0.1) is 0 Å². The molecule has 5 heteroatoms. The standard InChI is InChI=1S/C19H16N2O3/c1-23-17-12-11-16(19(20)22)21-18(17)13-7-9-15(10-8-13)24-14-5-3-2-4-6-14/h2-12H,1H3,(H2,20,22). The number of hydrogen-bond acceptors (Lipinski definition) is 4. The smallest absolute Gasteiger partial charge is 0.267 e. The molecule has 0 saturated carbocycles. The van der Waals surface area contributed by atoms with Crippen LogP contribution in [0.25, 0.3) is 11.3 Å². The lowest BCUT2D eigenvalue weighted by atomic mass is 10.1. The molecule has 0 aliphatic heterocycles. The van der Waals surface area contributed by atoms with Crippen LogP contribution in [0.3, 0.4) is 0 Å². The molecule has 1 aromatic heterocycles. The van der Waals surface area contributed by atoms with Gasteiger partial charge >= 0.3 is 0 Å². The van der Waals surface area contributed by atoms with Crippen molar-refractivity contribution in [3.05, 3.63) is 72.4 Å². The second-order valence-corrected chi connectivity index (χ2v) is 5.05. The van der Waals surface area contributed by atoms with E-state index in [1.54, 1.807) is 13.2 Å². The molecule has 0 spiro atoms. The Morgan fingerprint density at radius 1 is 0.917 bits per heavy atom. The molecule has 2 aromatic carbocycles. The number of carbonyl (C=O) groups excluding carboxylic acids is 1. The van der Waals surface area contributed by atoms with Crippen LogP contribution in [-0.2, 0) is 0 Å². The predicted molar refractivity (Wildman–Crippen MR) is 91.3 cm³/mol. The maximum Gasteiger partial charge on any atom is 0.267 e. The number of rotatable bonds is 5. The molecular weight excluding hydrogens is 304 g/mol. The second kappa shape index (κ2) is 6.83. The van der Waals surface area contributed by atoms with Gasteiger partial charge in [-0.1, -0.05) is 18.2 Å². The van der Waals surface area contributed by atoms with E-state index in [9.17, 15) is 4.79 Å². The lowest BCUT2D eigenvalue weighted by Gasteiger charge is -2.10. The molecule has 1 amide bonds. The van der Waals surface area contributed by atoms with Gasteiger partial charge in [0.1, 0.15) is 28.6 Å². The van der Waals surface area contributed by atoms with Crippen LogP contribution >= 0.6 is 0 Å². The van der Waals surface area contributed by atoms with Crippen molar-refractivity contribution in [1.29, 1.82) is 0 Å². The highest BCUT2D eigenvalue weighted by molar-refractivity contribution is 5.91. The van der Waals surface area contributed by atoms with Gasteiger partial charge in [-0.3, -0.25) is 4.79 Å². The van der Waals surface area contributed by atoms with Crippen molar-refractivity contribution in [2.45, 2.75) is 0 Å². The van der Waals surface area contributed by atoms with Gasteiger partial charge in [0, 0.05) is 5.56 Å². The van der Waals surface area contributed by atoms with E-state index >= 15 is 0 Å². The van der Waals surface area contributed by atoms with Gasteiger partial charge in [0.25, 0.3) is 5.91 Å². The van der Waals surface area contributed by atoms with E-state index in [0.29, 0.717) is 17.2 Å². The van der Waals surface area contributed by atoms with Crippen molar-refractivity contribution in [2.75, 3.05) is 7.11 Å². The number of benzene rings is 2. The van der Waals surface area contributed by atoms with Gasteiger partial charge in [-0.2, -0.15) is 0 Å².